The number of aliphatic carboxylic acids is 1. The van der Waals surface area contributed by atoms with E-state index in [2.05, 4.69) is 19.9 Å². The number of fused-ring (bicyclic) bond motifs is 4. The van der Waals surface area contributed by atoms with Gasteiger partial charge < -0.3 is 19.9 Å². The molecule has 1 aliphatic carbocycles. The van der Waals surface area contributed by atoms with Crippen LogP contribution in [-0.4, -0.2) is 57.7 Å². The van der Waals surface area contributed by atoms with Crippen molar-refractivity contribution >= 4 is 41.8 Å². The number of phenols is 1. The molecule has 2 amide bonds. The van der Waals surface area contributed by atoms with Gasteiger partial charge in [-0.25, -0.2) is 0 Å². The number of benzene rings is 2. The first kappa shape index (κ1) is 30.0. The molecule has 4 atom stereocenters. The molecule has 2 aromatic rings. The lowest BCUT2D eigenvalue weighted by Gasteiger charge is -2.43. The number of carbonyl (C=O) groups is 3. The van der Waals surface area contributed by atoms with Crippen molar-refractivity contribution in [3.63, 3.8) is 0 Å². The summed E-state index contributed by atoms with van der Waals surface area (Å²) < 4.78 is 6.10. The normalized spacial score (nSPS) is 24.4. The maximum absolute atomic E-state index is 13.6. The molecule has 2 aliphatic heterocycles. The van der Waals surface area contributed by atoms with Gasteiger partial charge in [0.2, 0.25) is 11.8 Å². The first-order valence-corrected chi connectivity index (χ1v) is 15.2. The van der Waals surface area contributed by atoms with Crippen molar-refractivity contribution in [2.24, 2.45) is 17.8 Å². The maximum atomic E-state index is 13.6. The number of carboxylic acids is 1. The van der Waals surface area contributed by atoms with Crippen molar-refractivity contribution < 1.29 is 34.3 Å². The molecule has 0 saturated carbocycles. The van der Waals surface area contributed by atoms with E-state index in [1.54, 1.807) is 6.07 Å². The van der Waals surface area contributed by atoms with Crippen LogP contribution >= 0.6 is 0 Å². The largest absolute Gasteiger partial charge is 0.507 e. The van der Waals surface area contributed by atoms with Gasteiger partial charge in [0.25, 0.3) is 0 Å². The Morgan fingerprint density at radius 3 is 2.55 bits per heavy atom. The minimum absolute atomic E-state index is 0.0851. The number of aromatic hydroxyl groups is 1. The number of amides is 2. The Morgan fingerprint density at radius 1 is 1.05 bits per heavy atom. The van der Waals surface area contributed by atoms with E-state index in [4.69, 9.17) is 9.76 Å². The minimum atomic E-state index is -1.00. The van der Waals surface area contributed by atoms with Crippen LogP contribution < -0.4 is 0 Å². The molecule has 5 rings (SSSR count). The molecule has 3 aliphatic rings. The van der Waals surface area contributed by atoms with Crippen LogP contribution in [0.1, 0.15) is 70.8 Å². The van der Waals surface area contributed by atoms with Gasteiger partial charge >= 0.3 is 13.1 Å². The van der Waals surface area contributed by atoms with E-state index < -0.39 is 24.9 Å². The van der Waals surface area contributed by atoms with Crippen LogP contribution in [0.2, 0.25) is 6.32 Å². The van der Waals surface area contributed by atoms with Gasteiger partial charge in [-0.15, -0.1) is 0 Å². The third kappa shape index (κ3) is 6.04. The van der Waals surface area contributed by atoms with Crippen LogP contribution in [-0.2, 0) is 19.0 Å². The smallest absolute Gasteiger partial charge is 0.455 e. The number of likely N-dealkylation sites (tertiary alicyclic amines) is 1. The Labute approximate surface area is 247 Å². The average Bonchev–Trinajstić information content (AvgIpc) is 3.21. The highest BCUT2D eigenvalue weighted by Crippen LogP contribution is 2.51. The third-order valence-electron chi connectivity index (χ3n) is 9.24. The molecule has 0 unspecified atom stereocenters. The second-order valence-electron chi connectivity index (χ2n) is 12.0. The number of carbonyl (C=O) groups excluding carboxylic acids is 2. The number of unbranched alkanes of at least 4 members (excludes halogenated alkanes) is 2. The Kier molecular flexibility index (Phi) is 9.18. The Hall–Kier alpha value is -3.43. The first-order chi connectivity index (χ1) is 20.2. The van der Waals surface area contributed by atoms with Gasteiger partial charge in [0.1, 0.15) is 5.75 Å². The van der Waals surface area contributed by atoms with Crippen LogP contribution in [0.3, 0.4) is 0 Å². The van der Waals surface area contributed by atoms with Gasteiger partial charge in [-0.1, -0.05) is 60.9 Å². The number of imide groups is 1. The summed E-state index contributed by atoms with van der Waals surface area (Å²) in [7, 11) is -1.00. The number of carboxylic acid groups (broad SMARTS) is 1. The quantitative estimate of drug-likeness (QED) is 0.139. The summed E-state index contributed by atoms with van der Waals surface area (Å²) in [6, 6.07) is 11.4. The molecule has 2 saturated heterocycles. The number of nitrogens with zero attached hydrogens (tertiary/aromatic N) is 1. The van der Waals surface area contributed by atoms with Gasteiger partial charge in [-0.2, -0.15) is 0 Å². The fraction of sp³-hybridized carbons (Fsp3) is 0.485. The van der Waals surface area contributed by atoms with Gasteiger partial charge in [0.15, 0.2) is 0 Å². The van der Waals surface area contributed by atoms with Crippen LogP contribution in [0, 0.1) is 17.8 Å². The van der Waals surface area contributed by atoms with E-state index in [-0.39, 0.29) is 36.0 Å². The topological polar surface area (TPSA) is 124 Å². The van der Waals surface area contributed by atoms with Crippen molar-refractivity contribution in [3.05, 3.63) is 58.7 Å². The molecule has 0 aromatic heterocycles. The number of hydrogen-bond acceptors (Lipinski definition) is 6. The summed E-state index contributed by atoms with van der Waals surface area (Å²) in [4.78, 5) is 39.2. The zero-order valence-electron chi connectivity index (χ0n) is 24.4. The standard InChI is InChI=1S/C33H40BNO7/c1-3-21-18-25-31(33(40)35(32(25)39)16-8-4-5-11-29(37)38)26-19-34(41)42-28(30(21)26)15-12-20(2)17-22-13-14-27(36)24-10-7-6-9-23(22)24/h6-7,9-10,13-14,17,25-26,28,31,36,41H,3-5,8,11-12,15-16,18-19H2,1-2H3,(H,37,38)/b20-17+/t25-,26+,28-,31-/m1/s1. The van der Waals surface area contributed by atoms with Gasteiger partial charge in [-0.05, 0) is 80.3 Å². The van der Waals surface area contributed by atoms with E-state index in [1.807, 2.05) is 30.3 Å². The number of allylic oxidation sites excluding steroid dienone is 2. The van der Waals surface area contributed by atoms with Crippen molar-refractivity contribution in [1.29, 1.82) is 0 Å². The predicted molar refractivity (Wildman–Crippen MR) is 161 cm³/mol. The van der Waals surface area contributed by atoms with Crippen molar-refractivity contribution in [1.82, 2.24) is 4.90 Å². The fourth-order valence-electron chi connectivity index (χ4n) is 7.24. The minimum Gasteiger partial charge on any atom is -0.507 e. The first-order valence-electron chi connectivity index (χ1n) is 15.2. The Bertz CT molecular complexity index is 1430. The molecule has 2 heterocycles. The van der Waals surface area contributed by atoms with E-state index in [0.717, 1.165) is 45.9 Å². The molecule has 0 spiro atoms. The lowest BCUT2D eigenvalue weighted by molar-refractivity contribution is -0.141. The van der Waals surface area contributed by atoms with E-state index in [0.29, 0.717) is 45.0 Å². The zero-order chi connectivity index (χ0) is 30.0. The second-order valence-corrected chi connectivity index (χ2v) is 12.0. The molecular weight excluding hydrogens is 533 g/mol. The molecule has 0 bridgehead atoms. The number of phenolic OH excluding ortho intramolecular Hbond substituents is 1. The molecule has 222 valence electrons. The lowest BCUT2D eigenvalue weighted by Crippen LogP contribution is -2.46. The van der Waals surface area contributed by atoms with Gasteiger partial charge in [0, 0.05) is 18.4 Å². The van der Waals surface area contributed by atoms with Gasteiger partial charge in [0.05, 0.1) is 17.9 Å². The van der Waals surface area contributed by atoms with E-state index >= 15 is 0 Å². The van der Waals surface area contributed by atoms with E-state index in [9.17, 15) is 24.5 Å². The summed E-state index contributed by atoms with van der Waals surface area (Å²) >= 11 is 0. The van der Waals surface area contributed by atoms with Crippen LogP contribution in [0.5, 0.6) is 5.75 Å². The fourth-order valence-corrected chi connectivity index (χ4v) is 7.24. The summed E-state index contributed by atoms with van der Waals surface area (Å²) in [5.74, 6) is -2.01. The number of rotatable bonds is 11. The predicted octanol–water partition coefficient (Wildman–Crippen LogP) is 5.58. The Morgan fingerprint density at radius 2 is 1.81 bits per heavy atom. The van der Waals surface area contributed by atoms with E-state index in [1.165, 1.54) is 4.90 Å². The summed E-state index contributed by atoms with van der Waals surface area (Å²) in [5, 5.41) is 31.7. The summed E-state index contributed by atoms with van der Waals surface area (Å²) in [5.41, 5.74) is 4.42. The Balaban J connectivity index is 1.32. The molecule has 3 N–H and O–H groups in total. The average molecular weight is 573 g/mol. The highest BCUT2D eigenvalue weighted by Gasteiger charge is 2.56. The zero-order valence-corrected chi connectivity index (χ0v) is 24.4. The molecular formula is C33H40BNO7. The SMILES string of the molecule is CCC1=C2[C@@H](CC/C(C)=C/c3ccc(O)c4ccccc34)OB(O)C[C@@H]2[C@@H]2C(=O)N(CCCCCC(=O)O)C(=O)[C@@H]2C1. The maximum Gasteiger partial charge on any atom is 0.455 e. The van der Waals surface area contributed by atoms with Crippen LogP contribution in [0.4, 0.5) is 0 Å². The monoisotopic (exact) mass is 573 g/mol. The van der Waals surface area contributed by atoms with Crippen molar-refractivity contribution in [2.75, 3.05) is 6.54 Å². The summed E-state index contributed by atoms with van der Waals surface area (Å²) in [6.45, 7) is 4.45. The van der Waals surface area contributed by atoms with Crippen molar-refractivity contribution in [2.45, 2.75) is 77.6 Å². The molecule has 2 fully saturated rings. The number of hydrogen-bond donors (Lipinski definition) is 3. The van der Waals surface area contributed by atoms with Crippen LogP contribution in [0.25, 0.3) is 16.8 Å². The molecule has 42 heavy (non-hydrogen) atoms. The molecule has 2 aromatic carbocycles. The molecule has 9 heteroatoms. The highest BCUT2D eigenvalue weighted by molar-refractivity contribution is 6.43. The summed E-state index contributed by atoms with van der Waals surface area (Å²) in [6.07, 6.45) is 6.61. The molecule has 8 nitrogen and oxygen atoms in total. The van der Waals surface area contributed by atoms with Crippen LogP contribution in [0.15, 0.2) is 53.1 Å². The van der Waals surface area contributed by atoms with Gasteiger partial charge in [-0.3, -0.25) is 19.3 Å². The second kappa shape index (κ2) is 12.8. The third-order valence-corrected chi connectivity index (χ3v) is 9.24. The highest BCUT2D eigenvalue weighted by atomic mass is 16.5. The lowest BCUT2D eigenvalue weighted by atomic mass is 9.58. The van der Waals surface area contributed by atoms with Crippen molar-refractivity contribution in [3.8, 4) is 5.75 Å². The molecule has 0 radical (unpaired) electrons.